The number of pyridine rings is 1. The Morgan fingerprint density at radius 1 is 1.38 bits per heavy atom. The zero-order chi connectivity index (χ0) is 21.0. The summed E-state index contributed by atoms with van der Waals surface area (Å²) in [6.45, 7) is -0.253. The number of alkyl halides is 1. The van der Waals surface area contributed by atoms with E-state index in [-0.39, 0.29) is 36.8 Å². The molecular formula is C18H22F2N6O3. The van der Waals surface area contributed by atoms with Gasteiger partial charge in [0.1, 0.15) is 6.17 Å². The Balaban J connectivity index is 1.54. The average molecular weight is 408 g/mol. The molecule has 156 valence electrons. The Bertz CT molecular complexity index is 953. The zero-order valence-electron chi connectivity index (χ0n) is 15.7. The van der Waals surface area contributed by atoms with E-state index in [1.165, 1.54) is 18.5 Å². The molecule has 1 aliphatic carbocycles. The van der Waals surface area contributed by atoms with Crippen molar-refractivity contribution in [2.75, 3.05) is 5.32 Å². The molecule has 1 aliphatic rings. The summed E-state index contributed by atoms with van der Waals surface area (Å²) < 4.78 is 30.6. The molecule has 2 aromatic heterocycles. The maximum absolute atomic E-state index is 14.3. The number of hydrogen-bond acceptors (Lipinski definition) is 5. The van der Waals surface area contributed by atoms with Crippen LogP contribution in [0.2, 0.25) is 0 Å². The Labute approximate surface area is 164 Å². The van der Waals surface area contributed by atoms with Crippen molar-refractivity contribution in [3.05, 3.63) is 40.3 Å². The number of primary amides is 1. The lowest BCUT2D eigenvalue weighted by atomic mass is 9.83. The second kappa shape index (κ2) is 8.93. The predicted octanol–water partition coefficient (Wildman–Crippen LogP) is 1.23. The molecule has 0 bridgehead atoms. The smallest absolute Gasteiger partial charge is 0.288 e. The lowest BCUT2D eigenvalue weighted by molar-refractivity contribution is -0.117. The van der Waals surface area contributed by atoms with Crippen LogP contribution in [0, 0.1) is 11.7 Å². The normalized spacial score (nSPS) is 15.0. The molecule has 2 amide bonds. The molecule has 29 heavy (non-hydrogen) atoms. The molecule has 9 nitrogen and oxygen atoms in total. The second-order valence-electron chi connectivity index (χ2n) is 7.17. The maximum Gasteiger partial charge on any atom is 0.288 e. The summed E-state index contributed by atoms with van der Waals surface area (Å²) in [6, 6.07) is 1.29. The molecule has 1 unspecified atom stereocenters. The number of aromatic nitrogens is 4. The standard InChI is InChI=1S/C18H22F2N6O3/c19-12(9-26-10-14(17(21)28)23-24-26)4-6-25-7-5-13(16(20)18(25)29)22-15(27)8-11-2-1-3-11/h5,7,10-12H,1-4,6,8-9H2,(H2,21,28)(H,22,27). The molecule has 3 rings (SSSR count). The highest BCUT2D eigenvalue weighted by Crippen LogP contribution is 2.29. The fraction of sp³-hybridized carbons (Fsp3) is 0.500. The van der Waals surface area contributed by atoms with Crippen LogP contribution in [0.3, 0.4) is 0 Å². The van der Waals surface area contributed by atoms with Crippen molar-refractivity contribution in [2.45, 2.75) is 51.4 Å². The number of nitrogens with zero attached hydrogens (tertiary/aromatic N) is 4. The van der Waals surface area contributed by atoms with Crippen LogP contribution < -0.4 is 16.6 Å². The van der Waals surface area contributed by atoms with Crippen LogP contribution in [0.15, 0.2) is 23.3 Å². The summed E-state index contributed by atoms with van der Waals surface area (Å²) >= 11 is 0. The molecule has 11 heteroatoms. The first-order chi connectivity index (χ1) is 13.8. The van der Waals surface area contributed by atoms with E-state index in [1.54, 1.807) is 0 Å². The molecule has 0 radical (unpaired) electrons. The number of halogens is 2. The molecule has 1 atom stereocenters. The van der Waals surface area contributed by atoms with Gasteiger partial charge in [-0.1, -0.05) is 11.6 Å². The van der Waals surface area contributed by atoms with Gasteiger partial charge in [0.2, 0.25) is 11.7 Å². The first kappa shape index (κ1) is 20.6. The molecule has 0 saturated heterocycles. The van der Waals surface area contributed by atoms with E-state index in [0.29, 0.717) is 12.3 Å². The average Bonchev–Trinajstić information content (AvgIpc) is 3.10. The highest BCUT2D eigenvalue weighted by atomic mass is 19.1. The number of carbonyl (C=O) groups excluding carboxylic acids is 2. The highest BCUT2D eigenvalue weighted by Gasteiger charge is 2.22. The van der Waals surface area contributed by atoms with E-state index >= 15 is 0 Å². The van der Waals surface area contributed by atoms with Gasteiger partial charge in [0.05, 0.1) is 18.4 Å². The third-order valence-corrected chi connectivity index (χ3v) is 4.94. The number of hydrogen-bond donors (Lipinski definition) is 2. The van der Waals surface area contributed by atoms with Crippen LogP contribution in [-0.2, 0) is 17.9 Å². The van der Waals surface area contributed by atoms with Gasteiger partial charge in [0.15, 0.2) is 5.69 Å². The first-order valence-electron chi connectivity index (χ1n) is 9.36. The molecule has 2 aromatic rings. The SMILES string of the molecule is NC(=O)c1cn(CC(F)CCn2ccc(NC(=O)CC3CCC3)c(F)c2=O)nn1. The summed E-state index contributed by atoms with van der Waals surface area (Å²) in [5.41, 5.74) is 3.87. The van der Waals surface area contributed by atoms with E-state index < -0.39 is 23.5 Å². The van der Waals surface area contributed by atoms with Crippen molar-refractivity contribution in [1.82, 2.24) is 19.6 Å². The van der Waals surface area contributed by atoms with Crippen LogP contribution in [-0.4, -0.2) is 37.5 Å². The zero-order valence-corrected chi connectivity index (χ0v) is 15.7. The number of carbonyl (C=O) groups is 2. The Morgan fingerprint density at radius 3 is 2.76 bits per heavy atom. The number of aryl methyl sites for hydroxylation is 1. The fourth-order valence-electron chi connectivity index (χ4n) is 3.05. The van der Waals surface area contributed by atoms with E-state index in [0.717, 1.165) is 28.5 Å². The summed E-state index contributed by atoms with van der Waals surface area (Å²) in [6.07, 6.45) is 4.43. The minimum absolute atomic E-state index is 0.0649. The molecule has 0 aliphatic heterocycles. The number of nitrogens with two attached hydrogens (primary N) is 1. The van der Waals surface area contributed by atoms with E-state index in [2.05, 4.69) is 15.6 Å². The first-order valence-corrected chi connectivity index (χ1v) is 9.36. The summed E-state index contributed by atoms with van der Waals surface area (Å²) in [4.78, 5) is 35.0. The molecule has 0 spiro atoms. The summed E-state index contributed by atoms with van der Waals surface area (Å²) in [5, 5.41) is 9.53. The van der Waals surface area contributed by atoms with Crippen molar-refractivity contribution in [3.8, 4) is 0 Å². The van der Waals surface area contributed by atoms with Gasteiger partial charge in [-0.05, 0) is 31.2 Å². The van der Waals surface area contributed by atoms with Crippen molar-refractivity contribution in [3.63, 3.8) is 0 Å². The minimum Gasteiger partial charge on any atom is -0.364 e. The molecule has 1 saturated carbocycles. The van der Waals surface area contributed by atoms with E-state index in [1.807, 2.05) is 0 Å². The molecule has 3 N–H and O–H groups in total. The number of anilines is 1. The van der Waals surface area contributed by atoms with Gasteiger partial charge < -0.3 is 15.6 Å². The topological polar surface area (TPSA) is 125 Å². The summed E-state index contributed by atoms with van der Waals surface area (Å²) in [7, 11) is 0. The number of rotatable bonds is 9. The van der Waals surface area contributed by atoms with Crippen molar-refractivity contribution >= 4 is 17.5 Å². The fourth-order valence-corrected chi connectivity index (χ4v) is 3.05. The third kappa shape index (κ3) is 5.24. The van der Waals surface area contributed by atoms with Crippen LogP contribution >= 0.6 is 0 Å². The quantitative estimate of drug-likeness (QED) is 0.646. The van der Waals surface area contributed by atoms with Crippen molar-refractivity contribution in [1.29, 1.82) is 0 Å². The number of amides is 2. The molecule has 2 heterocycles. The molecule has 1 fully saturated rings. The van der Waals surface area contributed by atoms with Crippen LogP contribution in [0.4, 0.5) is 14.5 Å². The Morgan fingerprint density at radius 2 is 2.14 bits per heavy atom. The van der Waals surface area contributed by atoms with Crippen LogP contribution in [0.1, 0.15) is 42.6 Å². The van der Waals surface area contributed by atoms with Gasteiger partial charge in [-0.2, -0.15) is 4.39 Å². The highest BCUT2D eigenvalue weighted by molar-refractivity contribution is 5.91. The summed E-state index contributed by atoms with van der Waals surface area (Å²) in [5.74, 6) is -1.84. The van der Waals surface area contributed by atoms with Crippen molar-refractivity contribution in [2.24, 2.45) is 11.7 Å². The van der Waals surface area contributed by atoms with Crippen molar-refractivity contribution < 1.29 is 18.4 Å². The minimum atomic E-state index is -1.41. The van der Waals surface area contributed by atoms with E-state index in [9.17, 15) is 23.2 Å². The molecular weight excluding hydrogens is 386 g/mol. The van der Waals surface area contributed by atoms with Crippen LogP contribution in [0.25, 0.3) is 0 Å². The van der Waals surface area contributed by atoms with Gasteiger partial charge in [-0.25, -0.2) is 9.07 Å². The van der Waals surface area contributed by atoms with Crippen LogP contribution in [0.5, 0.6) is 0 Å². The van der Waals surface area contributed by atoms with Gasteiger partial charge in [-0.3, -0.25) is 14.4 Å². The predicted molar refractivity (Wildman–Crippen MR) is 99.3 cm³/mol. The second-order valence-corrected chi connectivity index (χ2v) is 7.17. The van der Waals surface area contributed by atoms with Gasteiger partial charge in [0, 0.05) is 19.2 Å². The lowest BCUT2D eigenvalue weighted by Crippen LogP contribution is -2.27. The third-order valence-electron chi connectivity index (χ3n) is 4.94. The Kier molecular flexibility index (Phi) is 6.35. The number of nitrogens with one attached hydrogen (secondary N) is 1. The molecule has 0 aromatic carbocycles. The largest absolute Gasteiger partial charge is 0.364 e. The van der Waals surface area contributed by atoms with Gasteiger partial charge in [-0.15, -0.1) is 5.10 Å². The van der Waals surface area contributed by atoms with Gasteiger partial charge >= 0.3 is 0 Å². The monoisotopic (exact) mass is 408 g/mol. The maximum atomic E-state index is 14.3. The lowest BCUT2D eigenvalue weighted by Gasteiger charge is -2.24. The Hall–Kier alpha value is -3.11. The van der Waals surface area contributed by atoms with E-state index in [4.69, 9.17) is 5.73 Å². The van der Waals surface area contributed by atoms with Gasteiger partial charge in [0.25, 0.3) is 11.5 Å².